The molecule has 2 fully saturated rings. The number of benzene rings is 2. The largest absolute Gasteiger partial charge is 0.490 e. The van der Waals surface area contributed by atoms with Crippen LogP contribution in [0.4, 0.5) is 0 Å². The third-order valence-electron chi connectivity index (χ3n) is 7.08. The van der Waals surface area contributed by atoms with E-state index in [0.717, 1.165) is 43.4 Å². The predicted octanol–water partition coefficient (Wildman–Crippen LogP) is 4.48. The highest BCUT2D eigenvalue weighted by Crippen LogP contribution is 2.23. The van der Waals surface area contributed by atoms with Gasteiger partial charge in [-0.1, -0.05) is 24.6 Å². The van der Waals surface area contributed by atoms with Crippen LogP contribution in [-0.4, -0.2) is 55.8 Å². The molecule has 0 aromatic heterocycles. The van der Waals surface area contributed by atoms with Crippen molar-refractivity contribution in [1.29, 1.82) is 0 Å². The van der Waals surface area contributed by atoms with Crippen molar-refractivity contribution in [3.05, 3.63) is 59.2 Å². The molecule has 2 aromatic rings. The Morgan fingerprint density at radius 1 is 0.912 bits per heavy atom. The zero-order valence-corrected chi connectivity index (χ0v) is 21.1. The van der Waals surface area contributed by atoms with Gasteiger partial charge in [0, 0.05) is 45.4 Å². The molecule has 184 valence electrons. The van der Waals surface area contributed by atoms with E-state index in [-0.39, 0.29) is 12.0 Å². The van der Waals surface area contributed by atoms with Gasteiger partial charge in [-0.2, -0.15) is 4.31 Å². The minimum atomic E-state index is -3.41. The number of ether oxygens (including phenoxy) is 1. The zero-order chi connectivity index (χ0) is 24.1. The Hall–Kier alpha value is -2.38. The van der Waals surface area contributed by atoms with Crippen molar-refractivity contribution in [1.82, 2.24) is 9.21 Å². The number of hydrogen-bond acceptors (Lipinski definition) is 4. The number of rotatable bonds is 7. The number of likely N-dealkylation sites (tertiary alicyclic amines) is 1. The summed E-state index contributed by atoms with van der Waals surface area (Å²) in [5.74, 6) is 1.05. The van der Waals surface area contributed by atoms with Crippen molar-refractivity contribution in [2.75, 3.05) is 26.2 Å². The van der Waals surface area contributed by atoms with Crippen LogP contribution in [0.25, 0.3) is 0 Å². The minimum absolute atomic E-state index is 0.139. The first-order chi connectivity index (χ1) is 16.3. The van der Waals surface area contributed by atoms with Crippen LogP contribution < -0.4 is 4.74 Å². The van der Waals surface area contributed by atoms with Gasteiger partial charge >= 0.3 is 0 Å². The molecule has 2 aliphatic heterocycles. The summed E-state index contributed by atoms with van der Waals surface area (Å²) < 4.78 is 33.3. The van der Waals surface area contributed by atoms with Crippen LogP contribution in [0.1, 0.15) is 55.2 Å². The lowest BCUT2D eigenvalue weighted by Gasteiger charge is -2.32. The standard InChI is InChI=1S/C27H36N2O4S/c1-21-6-10-25(20-22(21)2)33-24-14-18-28(19-15-24)27(30)13-9-23-7-11-26(12-8-23)34(31,32)29-16-4-3-5-17-29/h6-8,10-12,20,24H,3-5,9,13-19H2,1-2H3. The molecule has 0 atom stereocenters. The highest BCUT2D eigenvalue weighted by atomic mass is 32.2. The number of carbonyl (C=O) groups excluding carboxylic acids is 1. The van der Waals surface area contributed by atoms with E-state index >= 15 is 0 Å². The second-order valence-corrected chi connectivity index (χ2v) is 11.5. The number of sulfonamides is 1. The van der Waals surface area contributed by atoms with Gasteiger partial charge in [0.2, 0.25) is 15.9 Å². The third kappa shape index (κ3) is 5.99. The van der Waals surface area contributed by atoms with Crippen molar-refractivity contribution >= 4 is 15.9 Å². The van der Waals surface area contributed by atoms with Crippen molar-refractivity contribution in [3.8, 4) is 5.75 Å². The highest BCUT2D eigenvalue weighted by Gasteiger charge is 2.26. The molecule has 2 heterocycles. The molecule has 2 aromatic carbocycles. The van der Waals surface area contributed by atoms with Gasteiger partial charge in [0.15, 0.2) is 0 Å². The molecular formula is C27H36N2O4S. The topological polar surface area (TPSA) is 66.9 Å². The second kappa shape index (κ2) is 10.9. The summed E-state index contributed by atoms with van der Waals surface area (Å²) in [4.78, 5) is 15.0. The summed E-state index contributed by atoms with van der Waals surface area (Å²) in [7, 11) is -3.41. The maximum atomic E-state index is 12.8. The van der Waals surface area contributed by atoms with E-state index in [4.69, 9.17) is 4.74 Å². The lowest BCUT2D eigenvalue weighted by molar-refractivity contribution is -0.132. The number of piperidine rings is 2. The van der Waals surface area contributed by atoms with Crippen molar-refractivity contribution < 1.29 is 17.9 Å². The molecule has 0 aliphatic carbocycles. The summed E-state index contributed by atoms with van der Waals surface area (Å²) in [6.07, 6.45) is 5.80. The van der Waals surface area contributed by atoms with Crippen LogP contribution in [0.3, 0.4) is 0 Å². The van der Waals surface area contributed by atoms with Gasteiger partial charge in [0.1, 0.15) is 11.9 Å². The number of amides is 1. The SMILES string of the molecule is Cc1ccc(OC2CCN(C(=O)CCc3ccc(S(=O)(=O)N4CCCCC4)cc3)CC2)cc1C. The number of nitrogens with zero attached hydrogens (tertiary/aromatic N) is 2. The van der Waals surface area contributed by atoms with Crippen LogP contribution in [0.2, 0.25) is 0 Å². The number of aryl methyl sites for hydroxylation is 3. The molecule has 0 unspecified atom stereocenters. The van der Waals surface area contributed by atoms with E-state index in [2.05, 4.69) is 26.0 Å². The molecule has 2 saturated heterocycles. The summed E-state index contributed by atoms with van der Waals surface area (Å²) in [6.45, 7) is 6.80. The second-order valence-electron chi connectivity index (χ2n) is 9.55. The van der Waals surface area contributed by atoms with E-state index < -0.39 is 10.0 Å². The van der Waals surface area contributed by atoms with E-state index in [1.807, 2.05) is 23.1 Å². The van der Waals surface area contributed by atoms with E-state index in [0.29, 0.717) is 43.9 Å². The fourth-order valence-electron chi connectivity index (χ4n) is 4.69. The first-order valence-corrected chi connectivity index (χ1v) is 13.9. The van der Waals surface area contributed by atoms with Crippen LogP contribution in [0, 0.1) is 13.8 Å². The molecule has 7 heteroatoms. The molecule has 0 saturated carbocycles. The van der Waals surface area contributed by atoms with Gasteiger partial charge in [-0.25, -0.2) is 8.42 Å². The molecule has 0 radical (unpaired) electrons. The third-order valence-corrected chi connectivity index (χ3v) is 8.99. The normalized spacial score (nSPS) is 18.1. The van der Waals surface area contributed by atoms with Gasteiger partial charge in [-0.15, -0.1) is 0 Å². The first kappa shape index (κ1) is 24.7. The molecule has 1 amide bonds. The Balaban J connectivity index is 1.23. The van der Waals surface area contributed by atoms with Gasteiger partial charge in [-0.3, -0.25) is 4.79 Å². The Bertz CT molecular complexity index is 1080. The summed E-state index contributed by atoms with van der Waals surface area (Å²) in [6, 6.07) is 13.2. The quantitative estimate of drug-likeness (QED) is 0.581. The number of carbonyl (C=O) groups is 1. The van der Waals surface area contributed by atoms with Gasteiger partial charge in [-0.05, 0) is 74.1 Å². The van der Waals surface area contributed by atoms with Crippen molar-refractivity contribution in [2.45, 2.75) is 69.8 Å². The summed E-state index contributed by atoms with van der Waals surface area (Å²) in [5.41, 5.74) is 3.46. The smallest absolute Gasteiger partial charge is 0.243 e. The molecule has 0 N–H and O–H groups in total. The molecule has 6 nitrogen and oxygen atoms in total. The summed E-state index contributed by atoms with van der Waals surface area (Å²) >= 11 is 0. The van der Waals surface area contributed by atoms with Crippen LogP contribution in [0.15, 0.2) is 47.4 Å². The fraction of sp³-hybridized carbons (Fsp3) is 0.519. The van der Waals surface area contributed by atoms with Gasteiger partial charge in [0.05, 0.1) is 4.90 Å². The molecule has 0 spiro atoms. The molecule has 4 rings (SSSR count). The van der Waals surface area contributed by atoms with Crippen LogP contribution in [0.5, 0.6) is 5.75 Å². The molecule has 0 bridgehead atoms. The average Bonchev–Trinajstić information content (AvgIpc) is 2.86. The van der Waals surface area contributed by atoms with E-state index in [9.17, 15) is 13.2 Å². The predicted molar refractivity (Wildman–Crippen MR) is 134 cm³/mol. The highest BCUT2D eigenvalue weighted by molar-refractivity contribution is 7.89. The molecular weight excluding hydrogens is 448 g/mol. The average molecular weight is 485 g/mol. The van der Waals surface area contributed by atoms with Crippen molar-refractivity contribution in [2.24, 2.45) is 0 Å². The zero-order valence-electron chi connectivity index (χ0n) is 20.3. The van der Waals surface area contributed by atoms with E-state index in [1.54, 1.807) is 16.4 Å². The summed E-state index contributed by atoms with van der Waals surface area (Å²) in [5, 5.41) is 0. The fourth-order valence-corrected chi connectivity index (χ4v) is 6.21. The lowest BCUT2D eigenvalue weighted by atomic mass is 10.1. The number of hydrogen-bond donors (Lipinski definition) is 0. The first-order valence-electron chi connectivity index (χ1n) is 12.4. The minimum Gasteiger partial charge on any atom is -0.490 e. The Kier molecular flexibility index (Phi) is 7.94. The Morgan fingerprint density at radius 3 is 2.24 bits per heavy atom. The van der Waals surface area contributed by atoms with E-state index in [1.165, 1.54) is 11.1 Å². The van der Waals surface area contributed by atoms with Crippen LogP contribution >= 0.6 is 0 Å². The molecule has 2 aliphatic rings. The van der Waals surface area contributed by atoms with Crippen LogP contribution in [-0.2, 0) is 21.2 Å². The maximum absolute atomic E-state index is 12.8. The Labute approximate surface area is 204 Å². The van der Waals surface area contributed by atoms with Crippen molar-refractivity contribution in [3.63, 3.8) is 0 Å². The van der Waals surface area contributed by atoms with Gasteiger partial charge in [0.25, 0.3) is 0 Å². The molecule has 34 heavy (non-hydrogen) atoms. The van der Waals surface area contributed by atoms with Gasteiger partial charge < -0.3 is 9.64 Å². The lowest BCUT2D eigenvalue weighted by Crippen LogP contribution is -2.41. The Morgan fingerprint density at radius 2 is 1.59 bits per heavy atom. The monoisotopic (exact) mass is 484 g/mol. The maximum Gasteiger partial charge on any atom is 0.243 e.